The van der Waals surface area contributed by atoms with Crippen LogP contribution in [0.1, 0.15) is 44.6 Å². The van der Waals surface area contributed by atoms with Crippen LogP contribution >= 0.6 is 0 Å². The quantitative estimate of drug-likeness (QED) is 0.730. The number of hydrogen-bond donors (Lipinski definition) is 0. The second kappa shape index (κ2) is 8.66. The molecule has 0 N–H and O–H groups in total. The van der Waals surface area contributed by atoms with E-state index in [4.69, 9.17) is 0 Å². The largest absolute Gasteiger partial charge is 0.339 e. The second-order valence-corrected chi connectivity index (χ2v) is 10.7. The van der Waals surface area contributed by atoms with Crippen molar-refractivity contribution in [3.05, 3.63) is 29.8 Å². The number of likely N-dealkylation sites (tertiary alicyclic amines) is 1. The standard InChI is InChI=1S/C22H30N4O3S/c1-17-14-18-6-2-4-8-20(18)26(17)16-22(27)24-10-12-25(13-11-24)30(28,29)21-9-5-3-7-19(21)15-23/h3,5,7,9,17-18,20H,2,4,6,8,10-14,16H2,1H3. The first-order valence-corrected chi connectivity index (χ1v) is 12.4. The molecule has 1 saturated carbocycles. The minimum absolute atomic E-state index is 0.0431. The van der Waals surface area contributed by atoms with Crippen molar-refractivity contribution >= 4 is 15.9 Å². The number of carbonyl (C=O) groups is 1. The Bertz CT molecular complexity index is 934. The van der Waals surface area contributed by atoms with Crippen molar-refractivity contribution in [2.45, 2.75) is 56.0 Å². The number of hydrogen-bond acceptors (Lipinski definition) is 5. The van der Waals surface area contributed by atoms with E-state index < -0.39 is 10.0 Å². The van der Waals surface area contributed by atoms with Crippen LogP contribution in [0.2, 0.25) is 0 Å². The van der Waals surface area contributed by atoms with Crippen LogP contribution in [0.3, 0.4) is 0 Å². The van der Waals surface area contributed by atoms with Crippen LogP contribution < -0.4 is 0 Å². The highest BCUT2D eigenvalue weighted by molar-refractivity contribution is 7.89. The fourth-order valence-electron chi connectivity index (χ4n) is 5.43. The highest BCUT2D eigenvalue weighted by Gasteiger charge is 2.41. The van der Waals surface area contributed by atoms with Crippen molar-refractivity contribution in [1.29, 1.82) is 5.26 Å². The molecule has 2 saturated heterocycles. The first-order valence-electron chi connectivity index (χ1n) is 10.9. The Kier molecular flexibility index (Phi) is 6.14. The molecule has 2 heterocycles. The van der Waals surface area contributed by atoms with E-state index in [2.05, 4.69) is 11.8 Å². The van der Waals surface area contributed by atoms with Crippen LogP contribution in [0.15, 0.2) is 29.2 Å². The van der Waals surface area contributed by atoms with Gasteiger partial charge in [-0.15, -0.1) is 0 Å². The summed E-state index contributed by atoms with van der Waals surface area (Å²) < 4.78 is 27.4. The molecule has 1 amide bonds. The van der Waals surface area contributed by atoms with Gasteiger partial charge >= 0.3 is 0 Å². The third-order valence-electron chi connectivity index (χ3n) is 7.04. The minimum Gasteiger partial charge on any atom is -0.339 e. The van der Waals surface area contributed by atoms with Gasteiger partial charge in [0.25, 0.3) is 0 Å². The van der Waals surface area contributed by atoms with Gasteiger partial charge in [0.05, 0.1) is 17.0 Å². The fraction of sp³-hybridized carbons (Fsp3) is 0.636. The maximum Gasteiger partial charge on any atom is 0.244 e. The molecule has 3 atom stereocenters. The van der Waals surface area contributed by atoms with Crippen molar-refractivity contribution in [3.8, 4) is 6.07 Å². The van der Waals surface area contributed by atoms with Gasteiger partial charge < -0.3 is 4.90 Å². The molecule has 3 aliphatic rings. The van der Waals surface area contributed by atoms with Crippen LogP contribution in [0, 0.1) is 17.2 Å². The Morgan fingerprint density at radius 1 is 1.13 bits per heavy atom. The molecule has 0 spiro atoms. The SMILES string of the molecule is CC1CC2CCCCC2N1CC(=O)N1CCN(S(=O)(=O)c2ccccc2C#N)CC1. The van der Waals surface area contributed by atoms with Crippen LogP contribution in [0.25, 0.3) is 0 Å². The number of rotatable bonds is 4. The van der Waals surface area contributed by atoms with Gasteiger partial charge in [-0.05, 0) is 44.2 Å². The summed E-state index contributed by atoms with van der Waals surface area (Å²) in [6.07, 6.45) is 6.20. The van der Waals surface area contributed by atoms with Gasteiger partial charge in [0.1, 0.15) is 6.07 Å². The predicted octanol–water partition coefficient (Wildman–Crippen LogP) is 2.04. The zero-order valence-electron chi connectivity index (χ0n) is 17.5. The summed E-state index contributed by atoms with van der Waals surface area (Å²) in [5, 5.41) is 9.24. The maximum absolute atomic E-state index is 13.0. The maximum atomic E-state index is 13.0. The normalized spacial score (nSPS) is 28.1. The lowest BCUT2D eigenvalue weighted by Crippen LogP contribution is -2.53. The Labute approximate surface area is 179 Å². The average Bonchev–Trinajstić information content (AvgIpc) is 3.08. The molecule has 3 fully saturated rings. The Balaban J connectivity index is 1.37. The smallest absolute Gasteiger partial charge is 0.244 e. The molecule has 0 aromatic heterocycles. The molecular formula is C22H30N4O3S. The van der Waals surface area contributed by atoms with Crippen molar-refractivity contribution in [1.82, 2.24) is 14.1 Å². The van der Waals surface area contributed by atoms with E-state index in [1.807, 2.05) is 6.07 Å². The van der Waals surface area contributed by atoms with E-state index in [1.54, 1.807) is 17.0 Å². The molecule has 7 nitrogen and oxygen atoms in total. The summed E-state index contributed by atoms with van der Waals surface area (Å²) in [6, 6.07) is 9.20. The number of piperazine rings is 1. The van der Waals surface area contributed by atoms with E-state index in [0.717, 1.165) is 5.92 Å². The molecule has 1 aromatic carbocycles. The predicted molar refractivity (Wildman–Crippen MR) is 113 cm³/mol. The van der Waals surface area contributed by atoms with Gasteiger partial charge in [0.2, 0.25) is 15.9 Å². The summed E-state index contributed by atoms with van der Waals surface area (Å²) in [5.41, 5.74) is 0.154. The average molecular weight is 431 g/mol. The molecular weight excluding hydrogens is 400 g/mol. The Hall–Kier alpha value is -1.95. The fourth-order valence-corrected chi connectivity index (χ4v) is 6.99. The molecule has 162 valence electrons. The molecule has 0 bridgehead atoms. The number of amides is 1. The third-order valence-corrected chi connectivity index (χ3v) is 9.00. The van der Waals surface area contributed by atoms with Gasteiger partial charge in [0.15, 0.2) is 0 Å². The van der Waals surface area contributed by atoms with Crippen molar-refractivity contribution in [2.24, 2.45) is 5.92 Å². The first-order chi connectivity index (χ1) is 14.4. The summed E-state index contributed by atoms with van der Waals surface area (Å²) in [4.78, 5) is 17.2. The van der Waals surface area contributed by atoms with Crippen molar-refractivity contribution < 1.29 is 13.2 Å². The summed E-state index contributed by atoms with van der Waals surface area (Å²) in [6.45, 7) is 3.96. The van der Waals surface area contributed by atoms with E-state index in [9.17, 15) is 18.5 Å². The minimum atomic E-state index is -3.74. The van der Waals surface area contributed by atoms with Gasteiger partial charge in [0, 0.05) is 38.3 Å². The van der Waals surface area contributed by atoms with Gasteiger partial charge in [-0.25, -0.2) is 8.42 Å². The van der Waals surface area contributed by atoms with Gasteiger partial charge in [-0.1, -0.05) is 25.0 Å². The van der Waals surface area contributed by atoms with Gasteiger partial charge in [-0.2, -0.15) is 9.57 Å². The van der Waals surface area contributed by atoms with Crippen molar-refractivity contribution in [2.75, 3.05) is 32.7 Å². The molecule has 0 radical (unpaired) electrons. The number of fused-ring (bicyclic) bond motifs is 1. The topological polar surface area (TPSA) is 84.7 Å². The van der Waals surface area contributed by atoms with E-state index >= 15 is 0 Å². The molecule has 2 aliphatic heterocycles. The number of nitriles is 1. The highest BCUT2D eigenvalue weighted by Crippen LogP contribution is 2.39. The molecule has 1 aromatic rings. The van der Waals surface area contributed by atoms with Crippen LogP contribution in [0.5, 0.6) is 0 Å². The number of carbonyl (C=O) groups excluding carboxylic acids is 1. The van der Waals surface area contributed by atoms with E-state index in [-0.39, 0.29) is 29.5 Å². The van der Waals surface area contributed by atoms with Crippen molar-refractivity contribution in [3.63, 3.8) is 0 Å². The molecule has 3 unspecified atom stereocenters. The number of sulfonamides is 1. The lowest BCUT2D eigenvalue weighted by atomic mass is 9.85. The first kappa shape index (κ1) is 21.3. The molecule has 30 heavy (non-hydrogen) atoms. The Morgan fingerprint density at radius 2 is 1.83 bits per heavy atom. The summed E-state index contributed by atoms with van der Waals surface area (Å²) in [5.74, 6) is 0.825. The second-order valence-electron chi connectivity index (χ2n) is 8.76. The zero-order chi connectivity index (χ0) is 21.3. The van der Waals surface area contributed by atoms with E-state index in [1.165, 1.54) is 48.5 Å². The summed E-state index contributed by atoms with van der Waals surface area (Å²) >= 11 is 0. The highest BCUT2D eigenvalue weighted by atomic mass is 32.2. The van der Waals surface area contributed by atoms with Crippen LogP contribution in [-0.4, -0.2) is 73.2 Å². The zero-order valence-corrected chi connectivity index (χ0v) is 18.4. The summed E-state index contributed by atoms with van der Waals surface area (Å²) in [7, 11) is -3.74. The van der Waals surface area contributed by atoms with Crippen LogP contribution in [0.4, 0.5) is 0 Å². The lowest BCUT2D eigenvalue weighted by Gasteiger charge is -2.37. The van der Waals surface area contributed by atoms with Crippen LogP contribution in [-0.2, 0) is 14.8 Å². The monoisotopic (exact) mass is 430 g/mol. The molecule has 1 aliphatic carbocycles. The third kappa shape index (κ3) is 3.98. The number of nitrogens with zero attached hydrogens (tertiary/aromatic N) is 4. The molecule has 4 rings (SSSR count). The number of benzene rings is 1. The molecule has 8 heteroatoms. The van der Waals surface area contributed by atoms with E-state index in [0.29, 0.717) is 31.7 Å². The lowest BCUT2D eigenvalue weighted by molar-refractivity contribution is -0.134. The van der Waals surface area contributed by atoms with Gasteiger partial charge in [-0.3, -0.25) is 9.69 Å². The Morgan fingerprint density at radius 3 is 2.57 bits per heavy atom.